The van der Waals surface area contributed by atoms with Gasteiger partial charge in [0, 0.05) is 0 Å². The van der Waals surface area contributed by atoms with Gasteiger partial charge in [0.25, 0.3) is 0 Å². The van der Waals surface area contributed by atoms with Gasteiger partial charge in [-0.25, -0.2) is 0 Å². The predicted molar refractivity (Wildman–Crippen MR) is 25.8 cm³/mol. The first-order valence-electron chi connectivity index (χ1n) is 2.10. The first-order valence-corrected chi connectivity index (χ1v) is 9.11. The summed E-state index contributed by atoms with van der Waals surface area (Å²) in [7, 11) is -4.67. The van der Waals surface area contributed by atoms with E-state index in [1.807, 2.05) is 0 Å². The van der Waals surface area contributed by atoms with Gasteiger partial charge in [-0.2, -0.15) is 8.42 Å². The molecule has 0 saturated carbocycles. The van der Waals surface area contributed by atoms with Crippen LogP contribution in [0.4, 0.5) is 0 Å². The molecule has 96 valence electrons. The molecule has 0 rings (SSSR count). The molecule has 0 aromatic carbocycles. The van der Waals surface area contributed by atoms with Gasteiger partial charge >= 0.3 is 71.0 Å². The fraction of sp³-hybridized carbons (Fsp3) is 0. The van der Waals surface area contributed by atoms with Crippen LogP contribution in [0.25, 0.3) is 0 Å². The average Bonchev–Trinajstić information content (AvgIpc) is 1.41. The molecular weight excluding hydrogens is 372 g/mol. The Kier molecular flexibility index (Phi) is 10.1. The van der Waals surface area contributed by atoms with Gasteiger partial charge in [0.1, 0.15) is 0 Å². The summed E-state index contributed by atoms with van der Waals surface area (Å²) in [6.07, 6.45) is 0. The minimum absolute atomic E-state index is 4.67. The van der Waals surface area contributed by atoms with Crippen molar-refractivity contribution in [3.63, 3.8) is 0 Å². The summed E-state index contributed by atoms with van der Waals surface area (Å²) in [5, 5.41) is 0. The van der Waals surface area contributed by atoms with Crippen molar-refractivity contribution in [1.82, 2.24) is 0 Å². The molecule has 0 aliphatic rings. The second kappa shape index (κ2) is 7.41. The van der Waals surface area contributed by atoms with Crippen LogP contribution in [0.5, 0.6) is 0 Å². The molecule has 15 heavy (non-hydrogen) atoms. The van der Waals surface area contributed by atoms with Gasteiger partial charge in [-0.1, -0.05) is 0 Å². The van der Waals surface area contributed by atoms with E-state index < -0.39 is 40.8 Å². The summed E-state index contributed by atoms with van der Waals surface area (Å²) in [5.41, 5.74) is 0. The van der Waals surface area contributed by atoms with Crippen LogP contribution in [0.15, 0.2) is 0 Å². The molecule has 0 aliphatic carbocycles. The van der Waals surface area contributed by atoms with Crippen molar-refractivity contribution in [2.45, 2.75) is 0 Å². The van der Waals surface area contributed by atoms with Crippen LogP contribution in [-0.2, 0) is 55.2 Å². The summed E-state index contributed by atoms with van der Waals surface area (Å²) in [4.78, 5) is 0. The zero-order valence-electron chi connectivity index (χ0n) is 6.36. The molecule has 15 heteroatoms. The van der Waals surface area contributed by atoms with Crippen LogP contribution in [0.2, 0.25) is 0 Å². The standard InChI is InChI=1S/Cr.Mo.H2O4S.4H2O.4O/c;;1-5(2,3)4;;;;;;;;/h;;(H2,1,2,3,4);4*1H2;;;;/q2*+2;;;;;;;;;/p-4. The molecule has 0 spiro atoms. The van der Waals surface area contributed by atoms with Gasteiger partial charge in [0.2, 0.25) is 0 Å². The Labute approximate surface area is 88.5 Å². The normalized spacial score (nSPS) is 11.6. The van der Waals surface area contributed by atoms with Gasteiger partial charge in [-0.05, 0) is 0 Å². The van der Waals surface area contributed by atoms with E-state index in [1.54, 1.807) is 0 Å². The summed E-state index contributed by atoms with van der Waals surface area (Å²) < 4.78 is 95.5. The van der Waals surface area contributed by atoms with Crippen molar-refractivity contribution in [3.05, 3.63) is 0 Å². The number of hydrogen-bond acceptors (Lipinski definition) is 6. The third kappa shape index (κ3) is 122000. The van der Waals surface area contributed by atoms with Crippen molar-refractivity contribution in [2.75, 3.05) is 0 Å². The molecule has 0 aromatic rings. The van der Waals surface area contributed by atoms with Crippen molar-refractivity contribution in [2.24, 2.45) is 0 Å². The molecule has 0 radical (unpaired) electrons. The van der Waals surface area contributed by atoms with Crippen molar-refractivity contribution >= 4 is 10.4 Å². The van der Waals surface area contributed by atoms with Gasteiger partial charge in [0.15, 0.2) is 0 Å². The van der Waals surface area contributed by atoms with E-state index in [0.717, 1.165) is 0 Å². The van der Waals surface area contributed by atoms with E-state index in [9.17, 15) is 0 Å². The van der Waals surface area contributed by atoms with E-state index >= 15 is 0 Å². The third-order valence-electron chi connectivity index (χ3n) is 0. The molecule has 0 bridgehead atoms. The predicted octanol–water partition coefficient (Wildman–Crippen LogP) is -3.36. The summed E-state index contributed by atoms with van der Waals surface area (Å²) >= 11 is -10.8. The molecule has 0 aliphatic heterocycles. The summed E-state index contributed by atoms with van der Waals surface area (Å²) in [6, 6.07) is 0. The second-order valence-corrected chi connectivity index (χ2v) is 5.84. The van der Waals surface area contributed by atoms with Crippen LogP contribution in [0.3, 0.4) is 0 Å². The van der Waals surface area contributed by atoms with Crippen molar-refractivity contribution < 1.29 is 78.1 Å². The first kappa shape index (κ1) is 20.5. The molecule has 0 amide bonds. The monoisotopic (exact) mass is 380 g/mol. The average molecular weight is 378 g/mol. The molecule has 0 unspecified atom stereocenters. The van der Waals surface area contributed by atoms with E-state index in [4.69, 9.17) is 47.8 Å². The Morgan fingerprint density at radius 1 is 0.933 bits per heavy atom. The van der Waals surface area contributed by atoms with Crippen molar-refractivity contribution in [3.8, 4) is 0 Å². The van der Waals surface area contributed by atoms with Crippen LogP contribution in [0, 0.1) is 0 Å². The van der Waals surface area contributed by atoms with E-state index in [2.05, 4.69) is 0 Å². The molecule has 0 saturated heterocycles. The fourth-order valence-corrected chi connectivity index (χ4v) is 0. The zero-order valence-corrected chi connectivity index (χ0v) is 10.5. The molecule has 0 aromatic heterocycles. The maximum absolute atomic E-state index is 8.85. The number of hydrogen-bond donors (Lipinski definition) is 6. The van der Waals surface area contributed by atoms with Gasteiger partial charge in [-0.15, -0.1) is 0 Å². The van der Waals surface area contributed by atoms with Gasteiger partial charge in [0.05, 0.1) is 0 Å². The molecule has 6 N–H and O–H groups in total. The topological polar surface area (TPSA) is 224 Å². The van der Waals surface area contributed by atoms with Crippen LogP contribution >= 0.6 is 0 Å². The molecule has 0 atom stereocenters. The first-order chi connectivity index (χ1) is 6.00. The van der Waals surface area contributed by atoms with Crippen LogP contribution in [-0.4, -0.2) is 33.4 Å². The minimum atomic E-state index is -5.52. The second-order valence-electron chi connectivity index (χ2n) is 1.34. The number of rotatable bonds is 0. The van der Waals surface area contributed by atoms with Gasteiger partial charge in [-0.3, -0.25) is 9.11 Å². The Hall–Kier alpha value is 0.131. The maximum atomic E-state index is 8.85. The summed E-state index contributed by atoms with van der Waals surface area (Å²) in [6.45, 7) is 0. The van der Waals surface area contributed by atoms with Crippen LogP contribution < -0.4 is 0 Å². The molecule has 0 fully saturated rings. The Morgan fingerprint density at radius 2 is 0.933 bits per heavy atom. The van der Waals surface area contributed by atoms with Gasteiger partial charge < -0.3 is 0 Å². The van der Waals surface area contributed by atoms with Crippen molar-refractivity contribution in [1.29, 1.82) is 0 Å². The van der Waals surface area contributed by atoms with Crippen LogP contribution in [0.1, 0.15) is 0 Å². The fourth-order valence-electron chi connectivity index (χ4n) is 0. The SMILES string of the molecule is O=S(=O)(O)O.[O]=[Cr](=[O])([OH])[OH].[O]=[Mo](=[O])([OH])[OH]. The quantitative estimate of drug-likeness (QED) is 0.179. The van der Waals surface area contributed by atoms with E-state index in [-0.39, 0.29) is 0 Å². The van der Waals surface area contributed by atoms with E-state index in [0.29, 0.717) is 0 Å². The molecule has 12 nitrogen and oxygen atoms in total. The Bertz CT molecular complexity index is 337. The molecule has 0 heterocycles. The van der Waals surface area contributed by atoms with E-state index in [1.165, 1.54) is 0 Å². The third-order valence-corrected chi connectivity index (χ3v) is 0. The molecular formula is H6CrMoO12S. The summed E-state index contributed by atoms with van der Waals surface area (Å²) in [5.74, 6) is 0. The Morgan fingerprint density at radius 3 is 0.933 bits per heavy atom. The zero-order chi connectivity index (χ0) is 13.5. The Balaban J connectivity index is -0.000000144.